The number of piperidine rings is 1. The van der Waals surface area contributed by atoms with Crippen LogP contribution in [0.1, 0.15) is 57.6 Å². The minimum Gasteiger partial charge on any atom is -0.375 e. The predicted octanol–water partition coefficient (Wildman–Crippen LogP) is 3.96. The second kappa shape index (κ2) is 7.99. The van der Waals surface area contributed by atoms with Crippen molar-refractivity contribution in [3.8, 4) is 0 Å². The second-order valence-corrected chi connectivity index (χ2v) is 8.79. The van der Waals surface area contributed by atoms with Gasteiger partial charge < -0.3 is 9.72 Å². The molecule has 1 aliphatic carbocycles. The number of aryl methyl sites for hydroxylation is 1. The summed E-state index contributed by atoms with van der Waals surface area (Å²) in [6.45, 7) is 7.76. The summed E-state index contributed by atoms with van der Waals surface area (Å²) in [7, 11) is 0. The molecular weight excluding hydrogens is 357 g/mol. The Labute approximate surface area is 165 Å². The summed E-state index contributed by atoms with van der Waals surface area (Å²) in [5.74, 6) is 0. The van der Waals surface area contributed by atoms with E-state index in [1.165, 1.54) is 0 Å². The molecule has 2 aromatic rings. The molecule has 1 aromatic carbocycles. The highest BCUT2D eigenvalue weighted by Gasteiger charge is 2.37. The Kier molecular flexibility index (Phi) is 5.61. The second-order valence-electron chi connectivity index (χ2n) is 8.79. The molecule has 2 heterocycles. The van der Waals surface area contributed by atoms with E-state index in [9.17, 15) is 9.18 Å². The molecule has 0 amide bonds. The van der Waals surface area contributed by atoms with E-state index in [-0.39, 0.29) is 30.0 Å². The van der Waals surface area contributed by atoms with Crippen LogP contribution in [0.25, 0.3) is 11.0 Å². The number of hydrogen-bond acceptors (Lipinski definition) is 3. The molecule has 0 spiro atoms. The number of alkyl halides is 1. The summed E-state index contributed by atoms with van der Waals surface area (Å²) in [6, 6.07) is 6.25. The third-order valence-corrected chi connectivity index (χ3v) is 6.36. The highest BCUT2D eigenvalue weighted by Crippen LogP contribution is 2.33. The molecule has 28 heavy (non-hydrogen) atoms. The van der Waals surface area contributed by atoms with E-state index >= 15 is 0 Å². The van der Waals surface area contributed by atoms with Gasteiger partial charge in [-0.3, -0.25) is 9.47 Å². The zero-order valence-corrected chi connectivity index (χ0v) is 17.2. The number of aromatic amines is 1. The molecule has 1 aliphatic heterocycles. The highest BCUT2D eigenvalue weighted by molar-refractivity contribution is 5.76. The zero-order chi connectivity index (χ0) is 19.8. The van der Waals surface area contributed by atoms with Crippen LogP contribution in [-0.4, -0.2) is 52.0 Å². The molecule has 4 rings (SSSR count). The summed E-state index contributed by atoms with van der Waals surface area (Å²) in [5, 5.41) is 0. The van der Waals surface area contributed by atoms with Crippen LogP contribution in [0.3, 0.4) is 0 Å². The van der Waals surface area contributed by atoms with Gasteiger partial charge in [-0.1, -0.05) is 6.07 Å². The van der Waals surface area contributed by atoms with E-state index < -0.39 is 6.17 Å². The van der Waals surface area contributed by atoms with Crippen molar-refractivity contribution in [3.05, 3.63) is 34.2 Å². The van der Waals surface area contributed by atoms with Crippen molar-refractivity contribution in [1.82, 2.24) is 14.5 Å². The smallest absolute Gasteiger partial charge is 0.326 e. The van der Waals surface area contributed by atoms with Gasteiger partial charge in [-0.05, 0) is 64.2 Å². The normalized spacial score (nSPS) is 27.7. The number of imidazole rings is 1. The molecule has 0 radical (unpaired) electrons. The third kappa shape index (κ3) is 3.90. The molecule has 3 unspecified atom stereocenters. The van der Waals surface area contributed by atoms with E-state index in [1.807, 2.05) is 37.5 Å². The number of H-pyrrole nitrogens is 1. The highest BCUT2D eigenvalue weighted by atomic mass is 19.1. The van der Waals surface area contributed by atoms with Crippen LogP contribution in [0.2, 0.25) is 0 Å². The molecule has 1 aromatic heterocycles. The molecule has 0 bridgehead atoms. The minimum atomic E-state index is -0.826. The van der Waals surface area contributed by atoms with Gasteiger partial charge in [0, 0.05) is 31.6 Å². The molecule has 1 N–H and O–H groups in total. The van der Waals surface area contributed by atoms with Crippen molar-refractivity contribution < 1.29 is 9.13 Å². The number of nitrogens with zero attached hydrogens (tertiary/aromatic N) is 2. The maximum absolute atomic E-state index is 14.8. The molecular formula is C22H32FN3O2. The number of rotatable bonds is 4. The third-order valence-electron chi connectivity index (χ3n) is 6.36. The topological polar surface area (TPSA) is 50.3 Å². The van der Waals surface area contributed by atoms with E-state index in [0.717, 1.165) is 55.4 Å². The number of fused-ring (bicyclic) bond motifs is 1. The maximum atomic E-state index is 14.8. The van der Waals surface area contributed by atoms with Gasteiger partial charge in [0.25, 0.3) is 0 Å². The molecule has 5 nitrogen and oxygen atoms in total. The first-order chi connectivity index (χ1) is 13.4. The lowest BCUT2D eigenvalue weighted by Gasteiger charge is -2.42. The number of aromatic nitrogens is 2. The largest absolute Gasteiger partial charge is 0.375 e. The van der Waals surface area contributed by atoms with Crippen LogP contribution in [-0.2, 0) is 4.74 Å². The fourth-order valence-corrected chi connectivity index (χ4v) is 5.05. The molecule has 1 saturated heterocycles. The van der Waals surface area contributed by atoms with Crippen molar-refractivity contribution in [2.45, 2.75) is 83.3 Å². The van der Waals surface area contributed by atoms with Gasteiger partial charge in [-0.25, -0.2) is 9.18 Å². The Morgan fingerprint density at radius 2 is 1.93 bits per heavy atom. The van der Waals surface area contributed by atoms with Crippen molar-refractivity contribution in [2.75, 3.05) is 13.1 Å². The van der Waals surface area contributed by atoms with Gasteiger partial charge in [0.1, 0.15) is 6.17 Å². The Bertz CT molecular complexity index is 866. The van der Waals surface area contributed by atoms with Crippen LogP contribution < -0.4 is 5.69 Å². The van der Waals surface area contributed by atoms with Crippen molar-refractivity contribution in [1.29, 1.82) is 0 Å². The van der Waals surface area contributed by atoms with E-state index in [2.05, 4.69) is 16.0 Å². The van der Waals surface area contributed by atoms with Gasteiger partial charge in [0.15, 0.2) is 0 Å². The lowest BCUT2D eigenvalue weighted by Crippen LogP contribution is -2.50. The SMILES string of the molecule is Cc1ccc2[nH]c(=O)n(C3CCN(C4CCC(OC(C)C)CC4F)CC3)c2c1. The number of benzene rings is 1. The molecule has 1 saturated carbocycles. The lowest BCUT2D eigenvalue weighted by molar-refractivity contribution is -0.0560. The fraction of sp³-hybridized carbons (Fsp3) is 0.682. The number of ether oxygens (including phenoxy) is 1. The summed E-state index contributed by atoms with van der Waals surface area (Å²) < 4.78 is 22.6. The Balaban J connectivity index is 1.41. The number of halogens is 1. The summed E-state index contributed by atoms with van der Waals surface area (Å²) in [6.07, 6.45) is 3.45. The van der Waals surface area contributed by atoms with Crippen molar-refractivity contribution in [3.63, 3.8) is 0 Å². The van der Waals surface area contributed by atoms with Gasteiger partial charge in [0.2, 0.25) is 0 Å². The Morgan fingerprint density at radius 1 is 1.18 bits per heavy atom. The number of likely N-dealkylation sites (tertiary alicyclic amines) is 1. The fourth-order valence-electron chi connectivity index (χ4n) is 5.05. The Morgan fingerprint density at radius 3 is 2.61 bits per heavy atom. The zero-order valence-electron chi connectivity index (χ0n) is 17.2. The van der Waals surface area contributed by atoms with E-state index in [1.54, 1.807) is 0 Å². The first kappa shape index (κ1) is 19.6. The number of nitrogens with one attached hydrogen (secondary N) is 1. The summed E-state index contributed by atoms with van der Waals surface area (Å²) in [5.41, 5.74) is 3.00. The van der Waals surface area contributed by atoms with Gasteiger partial charge in [-0.2, -0.15) is 0 Å². The first-order valence-corrected chi connectivity index (χ1v) is 10.7. The standard InChI is InChI=1S/C22H32FN3O2/c1-14(2)28-17-5-7-20(18(23)13-17)25-10-8-16(9-11-25)26-21-12-15(3)4-6-19(21)24-22(26)27/h4,6,12,14,16-18,20H,5,7-11,13H2,1-3H3,(H,24,27). The average molecular weight is 390 g/mol. The van der Waals surface area contributed by atoms with Crippen molar-refractivity contribution >= 4 is 11.0 Å². The average Bonchev–Trinajstić information content (AvgIpc) is 2.96. The quantitative estimate of drug-likeness (QED) is 0.861. The van der Waals surface area contributed by atoms with Crippen LogP contribution in [0.4, 0.5) is 4.39 Å². The first-order valence-electron chi connectivity index (χ1n) is 10.7. The van der Waals surface area contributed by atoms with Gasteiger partial charge >= 0.3 is 5.69 Å². The molecule has 154 valence electrons. The van der Waals surface area contributed by atoms with Gasteiger partial charge in [0.05, 0.1) is 23.2 Å². The number of hydrogen-bond donors (Lipinski definition) is 1. The summed E-state index contributed by atoms with van der Waals surface area (Å²) >= 11 is 0. The van der Waals surface area contributed by atoms with Crippen LogP contribution in [0.15, 0.2) is 23.0 Å². The monoisotopic (exact) mass is 389 g/mol. The van der Waals surface area contributed by atoms with Crippen LogP contribution in [0.5, 0.6) is 0 Å². The summed E-state index contributed by atoms with van der Waals surface area (Å²) in [4.78, 5) is 17.8. The van der Waals surface area contributed by atoms with E-state index in [4.69, 9.17) is 4.74 Å². The van der Waals surface area contributed by atoms with E-state index in [0.29, 0.717) is 6.42 Å². The molecule has 2 aliphatic rings. The molecule has 3 atom stereocenters. The van der Waals surface area contributed by atoms with Gasteiger partial charge in [-0.15, -0.1) is 0 Å². The van der Waals surface area contributed by atoms with Crippen molar-refractivity contribution in [2.24, 2.45) is 0 Å². The molecule has 6 heteroatoms. The predicted molar refractivity (Wildman–Crippen MR) is 110 cm³/mol. The lowest BCUT2D eigenvalue weighted by atomic mass is 9.88. The van der Waals surface area contributed by atoms with Crippen LogP contribution in [0, 0.1) is 6.92 Å². The van der Waals surface area contributed by atoms with Crippen LogP contribution >= 0.6 is 0 Å². The Hall–Kier alpha value is -1.66. The maximum Gasteiger partial charge on any atom is 0.326 e. The molecule has 2 fully saturated rings. The minimum absolute atomic E-state index is 0.00472.